The zero-order chi connectivity index (χ0) is 12.8. The summed E-state index contributed by atoms with van der Waals surface area (Å²) in [6.07, 6.45) is 2.70. The van der Waals surface area contributed by atoms with Crippen LogP contribution in [-0.4, -0.2) is 35.6 Å². The fourth-order valence-electron chi connectivity index (χ4n) is 3.39. The van der Waals surface area contributed by atoms with Gasteiger partial charge < -0.3 is 10.2 Å². The number of thiazole rings is 1. The molecule has 19 heavy (non-hydrogen) atoms. The van der Waals surface area contributed by atoms with Crippen molar-refractivity contribution in [1.29, 1.82) is 0 Å². The highest BCUT2D eigenvalue weighted by Crippen LogP contribution is 2.32. The predicted octanol–water partition coefficient (Wildman–Crippen LogP) is 3.11. The van der Waals surface area contributed by atoms with Gasteiger partial charge in [0.1, 0.15) is 0 Å². The van der Waals surface area contributed by atoms with Gasteiger partial charge in [0.05, 0.1) is 10.2 Å². The second-order valence-electron chi connectivity index (χ2n) is 5.88. The van der Waals surface area contributed by atoms with Crippen LogP contribution >= 0.6 is 11.3 Å². The number of hydrogen-bond acceptors (Lipinski definition) is 4. The third kappa shape index (κ3) is 2.13. The van der Waals surface area contributed by atoms with Crippen molar-refractivity contribution in [1.82, 2.24) is 9.88 Å². The van der Waals surface area contributed by atoms with Crippen molar-refractivity contribution in [3.8, 4) is 0 Å². The molecule has 3 fully saturated rings. The summed E-state index contributed by atoms with van der Waals surface area (Å²) < 4.78 is 1.29. The Kier molecular flexibility index (Phi) is 2.74. The molecular weight excluding hydrogens is 254 g/mol. The van der Waals surface area contributed by atoms with Crippen molar-refractivity contribution in [3.63, 3.8) is 0 Å². The van der Waals surface area contributed by atoms with E-state index in [4.69, 9.17) is 4.98 Å². The van der Waals surface area contributed by atoms with Crippen molar-refractivity contribution in [2.75, 3.05) is 25.0 Å². The molecule has 4 heteroatoms. The molecule has 100 valence electrons. The maximum absolute atomic E-state index is 4.74. The van der Waals surface area contributed by atoms with E-state index in [-0.39, 0.29) is 0 Å². The first-order chi connectivity index (χ1) is 9.28. The molecule has 2 aromatic rings. The van der Waals surface area contributed by atoms with Gasteiger partial charge in [-0.2, -0.15) is 0 Å². The third-order valence-corrected chi connectivity index (χ3v) is 5.48. The van der Waals surface area contributed by atoms with Crippen molar-refractivity contribution in [3.05, 3.63) is 23.8 Å². The molecule has 1 N–H and O–H groups in total. The van der Waals surface area contributed by atoms with Crippen LogP contribution in [0.5, 0.6) is 0 Å². The lowest BCUT2D eigenvalue weighted by Crippen LogP contribution is -2.53. The highest BCUT2D eigenvalue weighted by Gasteiger charge is 2.34. The standard InChI is InChI=1S/C15H19N3S/c1-10-2-3-14-12(8-10)16-15(19-14)17-13-9-18-6-4-11(13)5-7-18/h2-3,8,11,13H,4-7,9H2,1H3,(H,16,17). The third-order valence-electron chi connectivity index (χ3n) is 4.51. The number of anilines is 1. The molecule has 0 amide bonds. The predicted molar refractivity (Wildman–Crippen MR) is 80.9 cm³/mol. The number of aromatic nitrogens is 1. The van der Waals surface area contributed by atoms with Crippen LogP contribution in [0.15, 0.2) is 18.2 Å². The lowest BCUT2D eigenvalue weighted by Gasteiger charge is -2.44. The van der Waals surface area contributed by atoms with E-state index in [9.17, 15) is 0 Å². The Bertz CT molecular complexity index is 598. The maximum atomic E-state index is 4.74. The topological polar surface area (TPSA) is 28.2 Å². The summed E-state index contributed by atoms with van der Waals surface area (Å²) in [6.45, 7) is 5.91. The van der Waals surface area contributed by atoms with E-state index in [2.05, 4.69) is 35.3 Å². The number of hydrogen-bond donors (Lipinski definition) is 1. The van der Waals surface area contributed by atoms with Crippen molar-refractivity contribution < 1.29 is 0 Å². The second-order valence-corrected chi connectivity index (χ2v) is 6.91. The molecule has 0 radical (unpaired) electrons. The van der Waals surface area contributed by atoms with E-state index < -0.39 is 0 Å². The zero-order valence-electron chi connectivity index (χ0n) is 11.2. The molecule has 1 aromatic carbocycles. The van der Waals surface area contributed by atoms with E-state index in [1.807, 2.05) is 0 Å². The molecule has 0 saturated carbocycles. The molecule has 1 atom stereocenters. The minimum atomic E-state index is 0.601. The number of piperidine rings is 3. The van der Waals surface area contributed by atoms with Gasteiger partial charge in [-0.1, -0.05) is 17.4 Å². The Hall–Kier alpha value is -1.13. The van der Waals surface area contributed by atoms with Crippen molar-refractivity contribution in [2.24, 2.45) is 5.92 Å². The summed E-state index contributed by atoms with van der Waals surface area (Å²) in [5.74, 6) is 0.846. The monoisotopic (exact) mass is 273 g/mol. The highest BCUT2D eigenvalue weighted by atomic mass is 32.1. The summed E-state index contributed by atoms with van der Waals surface area (Å²) in [4.78, 5) is 7.32. The van der Waals surface area contributed by atoms with Crippen LogP contribution in [0, 0.1) is 12.8 Å². The SMILES string of the molecule is Cc1ccc2sc(NC3CN4CCC3CC4)nc2c1. The Morgan fingerprint density at radius 2 is 2.16 bits per heavy atom. The summed E-state index contributed by atoms with van der Waals surface area (Å²) >= 11 is 1.79. The number of aryl methyl sites for hydroxylation is 1. The molecule has 5 rings (SSSR count). The van der Waals surface area contributed by atoms with E-state index in [0.717, 1.165) is 16.6 Å². The van der Waals surface area contributed by atoms with Gasteiger partial charge in [-0.25, -0.2) is 4.98 Å². The molecule has 2 bridgehead atoms. The highest BCUT2D eigenvalue weighted by molar-refractivity contribution is 7.22. The first-order valence-corrected chi connectivity index (χ1v) is 7.96. The molecule has 3 aliphatic rings. The summed E-state index contributed by atoms with van der Waals surface area (Å²) in [6, 6.07) is 7.13. The Morgan fingerprint density at radius 3 is 2.89 bits per heavy atom. The van der Waals surface area contributed by atoms with E-state index in [0.29, 0.717) is 6.04 Å². The molecule has 1 aromatic heterocycles. The Balaban J connectivity index is 1.58. The van der Waals surface area contributed by atoms with Crippen LogP contribution in [-0.2, 0) is 0 Å². The Morgan fingerprint density at radius 1 is 1.32 bits per heavy atom. The van der Waals surface area contributed by atoms with Gasteiger partial charge in [-0.05, 0) is 56.5 Å². The van der Waals surface area contributed by atoms with Gasteiger partial charge >= 0.3 is 0 Å². The van der Waals surface area contributed by atoms with Gasteiger partial charge in [-0.15, -0.1) is 0 Å². The number of nitrogens with one attached hydrogen (secondary N) is 1. The van der Waals surface area contributed by atoms with Crippen LogP contribution in [0.25, 0.3) is 10.2 Å². The molecule has 0 spiro atoms. The number of rotatable bonds is 2. The fourth-order valence-corrected chi connectivity index (χ4v) is 4.29. The maximum Gasteiger partial charge on any atom is 0.184 e. The number of nitrogens with zero attached hydrogens (tertiary/aromatic N) is 2. The summed E-state index contributed by atoms with van der Waals surface area (Å²) in [5.41, 5.74) is 2.42. The van der Waals surface area contributed by atoms with Crippen LogP contribution in [0.4, 0.5) is 5.13 Å². The molecular formula is C15H19N3S. The molecule has 3 nitrogen and oxygen atoms in total. The molecule has 1 unspecified atom stereocenters. The van der Waals surface area contributed by atoms with Crippen molar-refractivity contribution >= 4 is 26.7 Å². The number of benzene rings is 1. The van der Waals surface area contributed by atoms with Gasteiger partial charge in [0.25, 0.3) is 0 Å². The van der Waals surface area contributed by atoms with Gasteiger partial charge in [0, 0.05) is 12.6 Å². The van der Waals surface area contributed by atoms with Crippen LogP contribution in [0.1, 0.15) is 18.4 Å². The molecule has 0 aliphatic carbocycles. The first kappa shape index (κ1) is 11.7. The normalized spacial score (nSPS) is 29.8. The lowest BCUT2D eigenvalue weighted by molar-refractivity contribution is 0.0975. The fraction of sp³-hybridized carbons (Fsp3) is 0.533. The molecule has 3 saturated heterocycles. The zero-order valence-corrected chi connectivity index (χ0v) is 12.0. The average Bonchev–Trinajstić information content (AvgIpc) is 2.81. The number of fused-ring (bicyclic) bond motifs is 4. The second kappa shape index (κ2) is 4.46. The van der Waals surface area contributed by atoms with E-state index in [1.54, 1.807) is 11.3 Å². The minimum Gasteiger partial charge on any atom is -0.357 e. The summed E-state index contributed by atoms with van der Waals surface area (Å²) in [7, 11) is 0. The quantitative estimate of drug-likeness (QED) is 0.911. The van der Waals surface area contributed by atoms with E-state index >= 15 is 0 Å². The molecule has 3 aliphatic heterocycles. The Labute approximate surface area is 117 Å². The largest absolute Gasteiger partial charge is 0.357 e. The summed E-state index contributed by atoms with van der Waals surface area (Å²) in [5, 5.41) is 4.78. The van der Waals surface area contributed by atoms with Crippen LogP contribution in [0.2, 0.25) is 0 Å². The van der Waals surface area contributed by atoms with Gasteiger partial charge in [0.2, 0.25) is 0 Å². The van der Waals surface area contributed by atoms with E-state index in [1.165, 1.54) is 42.7 Å². The van der Waals surface area contributed by atoms with Crippen LogP contribution < -0.4 is 5.32 Å². The smallest absolute Gasteiger partial charge is 0.184 e. The minimum absolute atomic E-state index is 0.601. The first-order valence-electron chi connectivity index (χ1n) is 7.14. The van der Waals surface area contributed by atoms with Gasteiger partial charge in [0.15, 0.2) is 5.13 Å². The average molecular weight is 273 g/mol. The molecule has 4 heterocycles. The lowest BCUT2D eigenvalue weighted by atomic mass is 9.84. The van der Waals surface area contributed by atoms with Crippen molar-refractivity contribution in [2.45, 2.75) is 25.8 Å². The van der Waals surface area contributed by atoms with Crippen LogP contribution in [0.3, 0.4) is 0 Å². The van der Waals surface area contributed by atoms with Gasteiger partial charge in [-0.3, -0.25) is 0 Å².